The lowest BCUT2D eigenvalue weighted by Gasteiger charge is -2.30. The van der Waals surface area contributed by atoms with Gasteiger partial charge in [0, 0.05) is 27.2 Å². The van der Waals surface area contributed by atoms with Crippen molar-refractivity contribution in [3.63, 3.8) is 0 Å². The van der Waals surface area contributed by atoms with E-state index >= 15 is 0 Å². The molecule has 0 aliphatic carbocycles. The predicted molar refractivity (Wildman–Crippen MR) is 75.9 cm³/mol. The fourth-order valence-electron chi connectivity index (χ4n) is 2.31. The second-order valence-electron chi connectivity index (χ2n) is 5.00. The first kappa shape index (κ1) is 15.9. The molecule has 1 saturated heterocycles. The van der Waals surface area contributed by atoms with Crippen molar-refractivity contribution in [2.45, 2.75) is 23.5 Å². The first-order chi connectivity index (χ1) is 9.96. The van der Waals surface area contributed by atoms with Crippen LogP contribution in [0.2, 0.25) is 0 Å². The fourth-order valence-corrected chi connectivity index (χ4v) is 3.82. The average Bonchev–Trinajstić information content (AvgIpc) is 2.97. The van der Waals surface area contributed by atoms with E-state index in [1.54, 1.807) is 25.3 Å². The van der Waals surface area contributed by atoms with E-state index in [0.717, 1.165) is 9.87 Å². The minimum Gasteiger partial charge on any atom is -0.380 e. The van der Waals surface area contributed by atoms with Gasteiger partial charge in [-0.25, -0.2) is 8.42 Å². The minimum absolute atomic E-state index is 0.0942. The number of nitriles is 1. The van der Waals surface area contributed by atoms with Crippen molar-refractivity contribution in [3.8, 4) is 6.07 Å². The first-order valence-corrected chi connectivity index (χ1v) is 7.96. The van der Waals surface area contributed by atoms with Crippen LogP contribution >= 0.6 is 0 Å². The lowest BCUT2D eigenvalue weighted by molar-refractivity contribution is 0.162. The van der Waals surface area contributed by atoms with Crippen LogP contribution in [0.1, 0.15) is 12.0 Å². The third kappa shape index (κ3) is 2.94. The Balaban J connectivity index is 2.37. The number of ether oxygens (including phenoxy) is 2. The van der Waals surface area contributed by atoms with Crippen LogP contribution in [0.4, 0.5) is 0 Å². The summed E-state index contributed by atoms with van der Waals surface area (Å²) >= 11 is 0. The summed E-state index contributed by atoms with van der Waals surface area (Å²) < 4.78 is 36.8. The van der Waals surface area contributed by atoms with Gasteiger partial charge in [-0.15, -0.1) is 0 Å². The van der Waals surface area contributed by atoms with Gasteiger partial charge in [-0.05, 0) is 17.7 Å². The quantitative estimate of drug-likeness (QED) is 0.814. The molecule has 0 N–H and O–H groups in total. The van der Waals surface area contributed by atoms with Crippen LogP contribution in [0.25, 0.3) is 0 Å². The number of likely N-dealkylation sites (N-methyl/N-ethyl adjacent to an activating group) is 1. The van der Waals surface area contributed by atoms with Crippen LogP contribution in [0.5, 0.6) is 0 Å². The molecule has 114 valence electrons. The number of methoxy groups -OCH3 is 1. The molecule has 0 aromatic heterocycles. The van der Waals surface area contributed by atoms with E-state index in [9.17, 15) is 13.7 Å². The first-order valence-electron chi connectivity index (χ1n) is 6.52. The molecule has 0 radical (unpaired) electrons. The molecule has 1 unspecified atom stereocenters. The second-order valence-corrected chi connectivity index (χ2v) is 6.97. The molecule has 21 heavy (non-hydrogen) atoms. The molecule has 1 aromatic carbocycles. The number of hydrogen-bond donors (Lipinski definition) is 0. The Morgan fingerprint density at radius 2 is 2.29 bits per heavy atom. The minimum atomic E-state index is -3.76. The smallest absolute Gasteiger partial charge is 0.244 e. The van der Waals surface area contributed by atoms with Gasteiger partial charge in [0.2, 0.25) is 10.0 Å². The van der Waals surface area contributed by atoms with Crippen molar-refractivity contribution in [1.82, 2.24) is 4.31 Å². The maximum Gasteiger partial charge on any atom is 0.244 e. The van der Waals surface area contributed by atoms with Crippen LogP contribution < -0.4 is 0 Å². The highest BCUT2D eigenvalue weighted by molar-refractivity contribution is 7.89. The summed E-state index contributed by atoms with van der Waals surface area (Å²) in [5.74, 6) is 0. The Hall–Kier alpha value is -1.46. The summed E-state index contributed by atoms with van der Waals surface area (Å²) in [6, 6.07) is 8.63. The largest absolute Gasteiger partial charge is 0.380 e. The van der Waals surface area contributed by atoms with E-state index in [2.05, 4.69) is 6.07 Å². The van der Waals surface area contributed by atoms with Crippen LogP contribution in [0, 0.1) is 11.3 Å². The zero-order chi connectivity index (χ0) is 15.5. The molecule has 0 spiro atoms. The van der Waals surface area contributed by atoms with E-state index in [4.69, 9.17) is 9.47 Å². The maximum absolute atomic E-state index is 12.7. The fraction of sp³-hybridized carbons (Fsp3) is 0.500. The molecule has 1 atom stereocenters. The van der Waals surface area contributed by atoms with Crippen molar-refractivity contribution in [2.24, 2.45) is 0 Å². The van der Waals surface area contributed by atoms with Crippen molar-refractivity contribution >= 4 is 10.0 Å². The predicted octanol–water partition coefficient (Wildman–Crippen LogP) is 1.14. The maximum atomic E-state index is 12.7. The summed E-state index contributed by atoms with van der Waals surface area (Å²) in [6.07, 6.45) is 0.372. The van der Waals surface area contributed by atoms with E-state index in [-0.39, 0.29) is 11.5 Å². The third-order valence-corrected chi connectivity index (χ3v) is 5.60. The molecule has 0 bridgehead atoms. The summed E-state index contributed by atoms with van der Waals surface area (Å²) in [5, 5.41) is 9.38. The highest BCUT2D eigenvalue weighted by Gasteiger charge is 2.45. The number of benzene rings is 1. The van der Waals surface area contributed by atoms with Gasteiger partial charge in [0.05, 0.1) is 24.2 Å². The van der Waals surface area contributed by atoms with Gasteiger partial charge in [-0.2, -0.15) is 9.57 Å². The van der Waals surface area contributed by atoms with Gasteiger partial charge in [0.1, 0.15) is 5.54 Å². The summed E-state index contributed by atoms with van der Waals surface area (Å²) in [4.78, 5) is 0.154. The van der Waals surface area contributed by atoms with Crippen LogP contribution in [0.3, 0.4) is 0 Å². The van der Waals surface area contributed by atoms with Gasteiger partial charge >= 0.3 is 0 Å². The molecule has 0 amide bonds. The van der Waals surface area contributed by atoms with E-state index < -0.39 is 15.6 Å². The number of nitrogens with zero attached hydrogens (tertiary/aromatic N) is 2. The Morgan fingerprint density at radius 3 is 2.86 bits per heavy atom. The zero-order valence-electron chi connectivity index (χ0n) is 12.1. The molecule has 1 aliphatic rings. The zero-order valence-corrected chi connectivity index (χ0v) is 12.9. The van der Waals surface area contributed by atoms with Gasteiger partial charge in [-0.1, -0.05) is 12.1 Å². The normalized spacial score (nSPS) is 22.4. The standard InChI is InChI=1S/C14H18N2O4S/c1-16(14(10-15)6-7-20-11-14)21(17,18)13-5-3-4-12(8-13)9-19-2/h3-5,8H,6-7,9,11H2,1-2H3. The molecule has 1 aromatic rings. The second kappa shape index (κ2) is 6.12. The molecule has 1 heterocycles. The van der Waals surface area contributed by atoms with Crippen molar-refractivity contribution in [1.29, 1.82) is 5.26 Å². The van der Waals surface area contributed by atoms with Crippen molar-refractivity contribution < 1.29 is 17.9 Å². The van der Waals surface area contributed by atoms with Gasteiger partial charge in [0.25, 0.3) is 0 Å². The Morgan fingerprint density at radius 1 is 1.52 bits per heavy atom. The molecular weight excluding hydrogens is 292 g/mol. The monoisotopic (exact) mass is 310 g/mol. The topological polar surface area (TPSA) is 79.6 Å². The summed E-state index contributed by atoms with van der Waals surface area (Å²) in [6.45, 7) is 0.813. The number of hydrogen-bond acceptors (Lipinski definition) is 5. The van der Waals surface area contributed by atoms with Crippen LogP contribution in [-0.4, -0.2) is 45.6 Å². The molecule has 1 aliphatic heterocycles. The van der Waals surface area contributed by atoms with E-state index in [1.807, 2.05) is 0 Å². The third-order valence-electron chi connectivity index (χ3n) is 3.68. The Bertz CT molecular complexity index is 645. The molecule has 2 rings (SSSR count). The Kier molecular flexibility index (Phi) is 4.64. The summed E-state index contributed by atoms with van der Waals surface area (Å²) in [5.41, 5.74) is -0.364. The molecular formula is C14H18N2O4S. The number of sulfonamides is 1. The van der Waals surface area contributed by atoms with Crippen LogP contribution in [0.15, 0.2) is 29.2 Å². The van der Waals surface area contributed by atoms with Gasteiger partial charge in [0.15, 0.2) is 0 Å². The van der Waals surface area contributed by atoms with Gasteiger partial charge in [-0.3, -0.25) is 0 Å². The van der Waals surface area contributed by atoms with Crippen LogP contribution in [-0.2, 0) is 26.1 Å². The van der Waals surface area contributed by atoms with Crippen molar-refractivity contribution in [2.75, 3.05) is 27.4 Å². The lowest BCUT2D eigenvalue weighted by Crippen LogP contribution is -2.49. The SMILES string of the molecule is COCc1cccc(S(=O)(=O)N(C)C2(C#N)CCOC2)c1. The lowest BCUT2D eigenvalue weighted by atomic mass is 10.0. The van der Waals surface area contributed by atoms with Crippen molar-refractivity contribution in [3.05, 3.63) is 29.8 Å². The Labute approximate surface area is 124 Å². The highest BCUT2D eigenvalue weighted by atomic mass is 32.2. The molecule has 1 fully saturated rings. The average molecular weight is 310 g/mol. The summed E-state index contributed by atoms with van der Waals surface area (Å²) in [7, 11) is -0.782. The van der Waals surface area contributed by atoms with E-state index in [1.165, 1.54) is 13.1 Å². The number of rotatable bonds is 5. The van der Waals surface area contributed by atoms with E-state index in [0.29, 0.717) is 19.6 Å². The molecule has 7 heteroatoms. The molecule has 0 saturated carbocycles. The highest BCUT2D eigenvalue weighted by Crippen LogP contribution is 2.30. The van der Waals surface area contributed by atoms with Gasteiger partial charge < -0.3 is 9.47 Å². The molecule has 6 nitrogen and oxygen atoms in total.